The zero-order valence-corrected chi connectivity index (χ0v) is 11.0. The second-order valence-corrected chi connectivity index (χ2v) is 4.05. The van der Waals surface area contributed by atoms with E-state index in [-0.39, 0.29) is 18.8 Å². The highest BCUT2D eigenvalue weighted by Gasteiger charge is 2.11. The highest BCUT2D eigenvalue weighted by Crippen LogP contribution is 2.19. The van der Waals surface area contributed by atoms with Gasteiger partial charge in [-0.05, 0) is 38.0 Å². The standard InChI is InChI=1S/C14H18O4/c1-4-17-13(15)7-8-14(16)18-12-9-10(2)5-6-11(12)3/h5-6,9H,4,7-8H2,1-3H3. The Morgan fingerprint density at radius 2 is 1.78 bits per heavy atom. The fourth-order valence-corrected chi connectivity index (χ4v) is 1.43. The maximum Gasteiger partial charge on any atom is 0.311 e. The molecule has 0 atom stereocenters. The number of esters is 2. The first-order valence-corrected chi connectivity index (χ1v) is 5.96. The number of hydrogen-bond donors (Lipinski definition) is 0. The third kappa shape index (κ3) is 4.57. The van der Waals surface area contributed by atoms with Gasteiger partial charge in [-0.1, -0.05) is 12.1 Å². The molecule has 0 N–H and O–H groups in total. The van der Waals surface area contributed by atoms with Gasteiger partial charge in [-0.3, -0.25) is 9.59 Å². The number of benzene rings is 1. The average molecular weight is 250 g/mol. The predicted octanol–water partition coefficient (Wildman–Crippen LogP) is 2.55. The summed E-state index contributed by atoms with van der Waals surface area (Å²) in [5.74, 6) is -0.254. The van der Waals surface area contributed by atoms with E-state index in [9.17, 15) is 9.59 Å². The molecular formula is C14H18O4. The van der Waals surface area contributed by atoms with Gasteiger partial charge in [0.25, 0.3) is 0 Å². The molecule has 0 fully saturated rings. The summed E-state index contributed by atoms with van der Waals surface area (Å²) in [6.45, 7) is 5.85. The predicted molar refractivity (Wildman–Crippen MR) is 67.4 cm³/mol. The minimum Gasteiger partial charge on any atom is -0.466 e. The Morgan fingerprint density at radius 3 is 2.44 bits per heavy atom. The summed E-state index contributed by atoms with van der Waals surface area (Å²) in [7, 11) is 0. The molecule has 0 radical (unpaired) electrons. The van der Waals surface area contributed by atoms with Gasteiger partial charge < -0.3 is 9.47 Å². The minimum atomic E-state index is -0.420. The zero-order chi connectivity index (χ0) is 13.5. The molecule has 4 heteroatoms. The number of aryl methyl sites for hydroxylation is 2. The van der Waals surface area contributed by atoms with Gasteiger partial charge in [0.1, 0.15) is 5.75 Å². The van der Waals surface area contributed by atoms with Gasteiger partial charge in [-0.25, -0.2) is 0 Å². The van der Waals surface area contributed by atoms with Crippen LogP contribution in [0.2, 0.25) is 0 Å². The van der Waals surface area contributed by atoms with Crippen LogP contribution in [0.5, 0.6) is 5.75 Å². The lowest BCUT2D eigenvalue weighted by Crippen LogP contribution is -2.12. The van der Waals surface area contributed by atoms with Gasteiger partial charge in [-0.15, -0.1) is 0 Å². The number of carbonyl (C=O) groups excluding carboxylic acids is 2. The van der Waals surface area contributed by atoms with Crippen molar-refractivity contribution < 1.29 is 19.1 Å². The van der Waals surface area contributed by atoms with E-state index in [4.69, 9.17) is 9.47 Å². The Labute approximate surface area is 107 Å². The Kier molecular flexibility index (Phi) is 5.36. The number of ether oxygens (including phenoxy) is 2. The van der Waals surface area contributed by atoms with Crippen LogP contribution in [0.25, 0.3) is 0 Å². The lowest BCUT2D eigenvalue weighted by Gasteiger charge is -2.08. The fraction of sp³-hybridized carbons (Fsp3) is 0.429. The maximum absolute atomic E-state index is 11.6. The molecule has 0 amide bonds. The minimum absolute atomic E-state index is 0.0339. The topological polar surface area (TPSA) is 52.6 Å². The van der Waals surface area contributed by atoms with E-state index in [2.05, 4.69) is 0 Å². The normalized spacial score (nSPS) is 9.94. The molecule has 0 bridgehead atoms. The fourth-order valence-electron chi connectivity index (χ4n) is 1.43. The highest BCUT2D eigenvalue weighted by atomic mass is 16.5. The lowest BCUT2D eigenvalue weighted by atomic mass is 10.1. The quantitative estimate of drug-likeness (QED) is 0.595. The summed E-state index contributed by atoms with van der Waals surface area (Å²) in [4.78, 5) is 22.6. The molecule has 0 aliphatic carbocycles. The van der Waals surface area contributed by atoms with Crippen LogP contribution in [-0.2, 0) is 14.3 Å². The van der Waals surface area contributed by atoms with Crippen LogP contribution in [0, 0.1) is 13.8 Å². The van der Waals surface area contributed by atoms with Crippen molar-refractivity contribution >= 4 is 11.9 Å². The smallest absolute Gasteiger partial charge is 0.311 e. The number of carbonyl (C=O) groups is 2. The van der Waals surface area contributed by atoms with Crippen LogP contribution >= 0.6 is 0 Å². The first kappa shape index (κ1) is 14.2. The van der Waals surface area contributed by atoms with Crippen LogP contribution in [0.4, 0.5) is 0 Å². The van der Waals surface area contributed by atoms with Gasteiger partial charge in [0.2, 0.25) is 0 Å². The van der Waals surface area contributed by atoms with Crippen LogP contribution in [0.3, 0.4) is 0 Å². The van der Waals surface area contributed by atoms with Crippen molar-refractivity contribution in [3.63, 3.8) is 0 Å². The molecule has 0 unspecified atom stereocenters. The third-order valence-corrected chi connectivity index (χ3v) is 2.41. The molecule has 0 aromatic heterocycles. The molecule has 4 nitrogen and oxygen atoms in total. The van der Waals surface area contributed by atoms with Crippen LogP contribution in [0.1, 0.15) is 30.9 Å². The molecule has 18 heavy (non-hydrogen) atoms. The second-order valence-electron chi connectivity index (χ2n) is 4.05. The van der Waals surface area contributed by atoms with E-state index in [1.807, 2.05) is 26.0 Å². The lowest BCUT2D eigenvalue weighted by molar-refractivity contribution is -0.146. The Balaban J connectivity index is 2.49. The Morgan fingerprint density at radius 1 is 1.11 bits per heavy atom. The van der Waals surface area contributed by atoms with E-state index < -0.39 is 5.97 Å². The van der Waals surface area contributed by atoms with Crippen LogP contribution in [-0.4, -0.2) is 18.5 Å². The van der Waals surface area contributed by atoms with Crippen molar-refractivity contribution in [2.45, 2.75) is 33.6 Å². The maximum atomic E-state index is 11.6. The largest absolute Gasteiger partial charge is 0.466 e. The summed E-state index contributed by atoms with van der Waals surface area (Å²) >= 11 is 0. The molecular weight excluding hydrogens is 232 g/mol. The van der Waals surface area contributed by atoms with Crippen molar-refractivity contribution in [3.8, 4) is 5.75 Å². The molecule has 0 saturated heterocycles. The first-order valence-electron chi connectivity index (χ1n) is 5.96. The molecule has 1 aromatic rings. The van der Waals surface area contributed by atoms with Gasteiger partial charge in [0.15, 0.2) is 0 Å². The van der Waals surface area contributed by atoms with E-state index in [0.29, 0.717) is 12.4 Å². The molecule has 0 heterocycles. The summed E-state index contributed by atoms with van der Waals surface area (Å²) in [5, 5.41) is 0. The molecule has 0 aliphatic rings. The average Bonchev–Trinajstić information content (AvgIpc) is 2.32. The zero-order valence-electron chi connectivity index (χ0n) is 11.0. The van der Waals surface area contributed by atoms with Crippen LogP contribution < -0.4 is 4.74 Å². The van der Waals surface area contributed by atoms with Crippen molar-refractivity contribution in [1.82, 2.24) is 0 Å². The van der Waals surface area contributed by atoms with E-state index in [1.54, 1.807) is 13.0 Å². The van der Waals surface area contributed by atoms with Crippen molar-refractivity contribution in [2.24, 2.45) is 0 Å². The Hall–Kier alpha value is -1.84. The third-order valence-electron chi connectivity index (χ3n) is 2.41. The van der Waals surface area contributed by atoms with Crippen molar-refractivity contribution in [1.29, 1.82) is 0 Å². The SMILES string of the molecule is CCOC(=O)CCC(=O)Oc1cc(C)ccc1C. The van der Waals surface area contributed by atoms with Gasteiger partial charge in [0, 0.05) is 0 Å². The summed E-state index contributed by atoms with van der Waals surface area (Å²) < 4.78 is 9.95. The molecule has 1 aromatic carbocycles. The number of rotatable bonds is 5. The molecule has 0 aliphatic heterocycles. The molecule has 0 saturated carbocycles. The summed E-state index contributed by atoms with van der Waals surface area (Å²) in [6, 6.07) is 5.65. The van der Waals surface area contributed by atoms with Crippen molar-refractivity contribution in [3.05, 3.63) is 29.3 Å². The van der Waals surface area contributed by atoms with Crippen molar-refractivity contribution in [2.75, 3.05) is 6.61 Å². The van der Waals surface area contributed by atoms with E-state index in [1.165, 1.54) is 0 Å². The van der Waals surface area contributed by atoms with Crippen LogP contribution in [0.15, 0.2) is 18.2 Å². The van der Waals surface area contributed by atoms with E-state index in [0.717, 1.165) is 11.1 Å². The monoisotopic (exact) mass is 250 g/mol. The molecule has 1 rings (SSSR count). The highest BCUT2D eigenvalue weighted by molar-refractivity contribution is 5.79. The Bertz CT molecular complexity index is 437. The summed E-state index contributed by atoms with van der Waals surface area (Å²) in [6.07, 6.45) is 0.0871. The van der Waals surface area contributed by atoms with E-state index >= 15 is 0 Å². The second kappa shape index (κ2) is 6.79. The molecule has 98 valence electrons. The summed E-state index contributed by atoms with van der Waals surface area (Å²) in [5.41, 5.74) is 1.92. The number of hydrogen-bond acceptors (Lipinski definition) is 4. The first-order chi connectivity index (χ1) is 8.52. The van der Waals surface area contributed by atoms with Gasteiger partial charge in [-0.2, -0.15) is 0 Å². The molecule has 0 spiro atoms. The van der Waals surface area contributed by atoms with Gasteiger partial charge >= 0.3 is 11.9 Å². The van der Waals surface area contributed by atoms with Gasteiger partial charge in [0.05, 0.1) is 19.4 Å².